The standard InChI is InChI=1S/C16H22FN3O2/c1-12(2)16(22)18-11-15(21)20-9-7-19(8-10-20)14-5-3-13(17)4-6-14/h3-6,12H,7-11H2,1-2H3,(H,18,22). The Morgan fingerprint density at radius 3 is 2.27 bits per heavy atom. The van der Waals surface area contributed by atoms with Crippen molar-refractivity contribution in [3.8, 4) is 0 Å². The van der Waals surface area contributed by atoms with E-state index < -0.39 is 0 Å². The van der Waals surface area contributed by atoms with Crippen LogP contribution in [0.15, 0.2) is 24.3 Å². The van der Waals surface area contributed by atoms with Gasteiger partial charge in [0.15, 0.2) is 0 Å². The van der Waals surface area contributed by atoms with Gasteiger partial charge in [0.2, 0.25) is 11.8 Å². The van der Waals surface area contributed by atoms with E-state index >= 15 is 0 Å². The van der Waals surface area contributed by atoms with Crippen LogP contribution in [0.25, 0.3) is 0 Å². The number of carbonyl (C=O) groups is 2. The zero-order valence-corrected chi connectivity index (χ0v) is 13.0. The van der Waals surface area contributed by atoms with Crippen LogP contribution >= 0.6 is 0 Å². The molecule has 1 saturated heterocycles. The van der Waals surface area contributed by atoms with Crippen LogP contribution in [0.5, 0.6) is 0 Å². The van der Waals surface area contributed by atoms with Gasteiger partial charge in [-0.3, -0.25) is 9.59 Å². The van der Waals surface area contributed by atoms with E-state index in [4.69, 9.17) is 0 Å². The molecular formula is C16H22FN3O2. The van der Waals surface area contributed by atoms with Crippen molar-refractivity contribution in [1.82, 2.24) is 10.2 Å². The van der Waals surface area contributed by atoms with Crippen LogP contribution in [-0.2, 0) is 9.59 Å². The van der Waals surface area contributed by atoms with Crippen LogP contribution in [0.3, 0.4) is 0 Å². The molecule has 0 bridgehead atoms. The van der Waals surface area contributed by atoms with Crippen molar-refractivity contribution >= 4 is 17.5 Å². The fourth-order valence-corrected chi connectivity index (χ4v) is 2.34. The fraction of sp³-hybridized carbons (Fsp3) is 0.500. The summed E-state index contributed by atoms with van der Waals surface area (Å²) in [6, 6.07) is 6.37. The number of nitrogens with one attached hydrogen (secondary N) is 1. The quantitative estimate of drug-likeness (QED) is 0.911. The minimum Gasteiger partial charge on any atom is -0.368 e. The molecule has 1 aliphatic heterocycles. The molecule has 0 atom stereocenters. The molecule has 2 rings (SSSR count). The van der Waals surface area contributed by atoms with Gasteiger partial charge in [-0.15, -0.1) is 0 Å². The van der Waals surface area contributed by atoms with Crippen LogP contribution in [0, 0.1) is 11.7 Å². The molecule has 22 heavy (non-hydrogen) atoms. The van der Waals surface area contributed by atoms with Gasteiger partial charge >= 0.3 is 0 Å². The van der Waals surface area contributed by atoms with E-state index in [2.05, 4.69) is 10.2 Å². The zero-order valence-electron chi connectivity index (χ0n) is 13.0. The molecular weight excluding hydrogens is 285 g/mol. The van der Waals surface area contributed by atoms with E-state index in [-0.39, 0.29) is 30.1 Å². The van der Waals surface area contributed by atoms with Crippen molar-refractivity contribution in [2.24, 2.45) is 5.92 Å². The normalized spacial score (nSPS) is 15.1. The monoisotopic (exact) mass is 307 g/mol. The summed E-state index contributed by atoms with van der Waals surface area (Å²) >= 11 is 0. The third kappa shape index (κ3) is 4.19. The summed E-state index contributed by atoms with van der Waals surface area (Å²) in [7, 11) is 0. The molecule has 1 fully saturated rings. The van der Waals surface area contributed by atoms with Crippen molar-refractivity contribution in [2.75, 3.05) is 37.6 Å². The third-order valence-electron chi connectivity index (χ3n) is 3.76. The van der Waals surface area contributed by atoms with Gasteiger partial charge < -0.3 is 15.1 Å². The van der Waals surface area contributed by atoms with Crippen molar-refractivity contribution in [3.05, 3.63) is 30.1 Å². The second-order valence-corrected chi connectivity index (χ2v) is 5.72. The molecule has 1 aromatic carbocycles. The molecule has 1 heterocycles. The van der Waals surface area contributed by atoms with Crippen LogP contribution in [-0.4, -0.2) is 49.4 Å². The molecule has 1 aliphatic rings. The lowest BCUT2D eigenvalue weighted by molar-refractivity contribution is -0.133. The highest BCUT2D eigenvalue weighted by Crippen LogP contribution is 2.16. The molecule has 5 nitrogen and oxygen atoms in total. The van der Waals surface area contributed by atoms with Gasteiger partial charge in [0.1, 0.15) is 5.82 Å². The summed E-state index contributed by atoms with van der Waals surface area (Å²) in [5.74, 6) is -0.548. The number of hydrogen-bond donors (Lipinski definition) is 1. The molecule has 0 radical (unpaired) electrons. The second-order valence-electron chi connectivity index (χ2n) is 5.72. The van der Waals surface area contributed by atoms with Crippen molar-refractivity contribution in [3.63, 3.8) is 0 Å². The Bertz CT molecular complexity index is 523. The molecule has 1 aromatic rings. The Morgan fingerprint density at radius 1 is 1.14 bits per heavy atom. The summed E-state index contributed by atoms with van der Waals surface area (Å²) in [5, 5.41) is 2.64. The lowest BCUT2D eigenvalue weighted by Crippen LogP contribution is -2.51. The van der Waals surface area contributed by atoms with Gasteiger partial charge in [0.05, 0.1) is 6.54 Å². The molecule has 120 valence electrons. The first kappa shape index (κ1) is 16.3. The van der Waals surface area contributed by atoms with E-state index in [1.807, 2.05) is 0 Å². The predicted octanol–water partition coefficient (Wildman–Crippen LogP) is 1.25. The van der Waals surface area contributed by atoms with Crippen LogP contribution in [0.4, 0.5) is 10.1 Å². The lowest BCUT2D eigenvalue weighted by Gasteiger charge is -2.36. The molecule has 0 spiro atoms. The van der Waals surface area contributed by atoms with Gasteiger partial charge in [-0.2, -0.15) is 0 Å². The lowest BCUT2D eigenvalue weighted by atomic mass is 10.2. The molecule has 0 saturated carbocycles. The smallest absolute Gasteiger partial charge is 0.242 e. The first-order valence-corrected chi connectivity index (χ1v) is 7.53. The molecule has 1 N–H and O–H groups in total. The summed E-state index contributed by atoms with van der Waals surface area (Å²) in [6.45, 7) is 6.25. The van der Waals surface area contributed by atoms with Gasteiger partial charge in [-0.25, -0.2) is 4.39 Å². The Balaban J connectivity index is 1.80. The SMILES string of the molecule is CC(C)C(=O)NCC(=O)N1CCN(c2ccc(F)cc2)CC1. The summed E-state index contributed by atoms with van der Waals surface area (Å²) < 4.78 is 12.9. The van der Waals surface area contributed by atoms with Gasteiger partial charge in [0.25, 0.3) is 0 Å². The first-order valence-electron chi connectivity index (χ1n) is 7.53. The van der Waals surface area contributed by atoms with E-state index in [0.717, 1.165) is 5.69 Å². The summed E-state index contributed by atoms with van der Waals surface area (Å²) in [5.41, 5.74) is 0.960. The number of nitrogens with zero attached hydrogens (tertiary/aromatic N) is 2. The van der Waals surface area contributed by atoms with Gasteiger partial charge in [0, 0.05) is 37.8 Å². The molecule has 0 aromatic heterocycles. The molecule has 0 unspecified atom stereocenters. The number of rotatable bonds is 4. The highest BCUT2D eigenvalue weighted by atomic mass is 19.1. The maximum absolute atomic E-state index is 12.9. The average molecular weight is 307 g/mol. The van der Waals surface area contributed by atoms with Gasteiger partial charge in [-0.1, -0.05) is 13.8 Å². The number of hydrogen-bond acceptors (Lipinski definition) is 3. The van der Waals surface area contributed by atoms with Crippen molar-refractivity contribution in [1.29, 1.82) is 0 Å². The largest absolute Gasteiger partial charge is 0.368 e. The molecule has 2 amide bonds. The number of carbonyl (C=O) groups excluding carboxylic acids is 2. The highest BCUT2D eigenvalue weighted by Gasteiger charge is 2.21. The van der Waals surface area contributed by atoms with E-state index in [1.165, 1.54) is 12.1 Å². The van der Waals surface area contributed by atoms with Crippen molar-refractivity contribution < 1.29 is 14.0 Å². The van der Waals surface area contributed by atoms with E-state index in [0.29, 0.717) is 26.2 Å². The number of amides is 2. The average Bonchev–Trinajstić information content (AvgIpc) is 2.53. The van der Waals surface area contributed by atoms with Crippen molar-refractivity contribution in [2.45, 2.75) is 13.8 Å². The topological polar surface area (TPSA) is 52.7 Å². The fourth-order valence-electron chi connectivity index (χ4n) is 2.34. The summed E-state index contributed by atoms with van der Waals surface area (Å²) in [4.78, 5) is 27.4. The maximum atomic E-state index is 12.9. The highest BCUT2D eigenvalue weighted by molar-refractivity contribution is 5.85. The van der Waals surface area contributed by atoms with Crippen LogP contribution < -0.4 is 10.2 Å². The van der Waals surface area contributed by atoms with Crippen LogP contribution in [0.1, 0.15) is 13.8 Å². The second kappa shape index (κ2) is 7.24. The number of halogens is 1. The number of piperazine rings is 1. The Labute approximate surface area is 130 Å². The number of anilines is 1. The van der Waals surface area contributed by atoms with E-state index in [9.17, 15) is 14.0 Å². The minimum absolute atomic E-state index is 0.0492. The first-order chi connectivity index (χ1) is 10.5. The third-order valence-corrected chi connectivity index (χ3v) is 3.76. The molecule has 0 aliphatic carbocycles. The Kier molecular flexibility index (Phi) is 5.35. The maximum Gasteiger partial charge on any atom is 0.242 e. The Morgan fingerprint density at radius 2 is 1.73 bits per heavy atom. The van der Waals surface area contributed by atoms with Gasteiger partial charge in [-0.05, 0) is 24.3 Å². The van der Waals surface area contributed by atoms with Crippen LogP contribution in [0.2, 0.25) is 0 Å². The molecule has 6 heteroatoms. The zero-order chi connectivity index (χ0) is 16.1. The predicted molar refractivity (Wildman–Crippen MR) is 83.0 cm³/mol. The Hall–Kier alpha value is -2.11. The van der Waals surface area contributed by atoms with E-state index in [1.54, 1.807) is 30.9 Å². The summed E-state index contributed by atoms with van der Waals surface area (Å²) in [6.07, 6.45) is 0. The number of benzene rings is 1. The minimum atomic E-state index is -0.251.